The summed E-state index contributed by atoms with van der Waals surface area (Å²) < 4.78 is 11.2. The second-order valence-electron chi connectivity index (χ2n) is 5.22. The Balaban J connectivity index is 1.60. The van der Waals surface area contributed by atoms with Gasteiger partial charge in [0.25, 0.3) is 5.91 Å². The molecule has 0 radical (unpaired) electrons. The molecule has 1 amide bonds. The first kappa shape index (κ1) is 17.7. The lowest BCUT2D eigenvalue weighted by Crippen LogP contribution is -2.20. The number of aromatic hydroxyl groups is 1. The van der Waals surface area contributed by atoms with E-state index in [-0.39, 0.29) is 11.3 Å². The van der Waals surface area contributed by atoms with Gasteiger partial charge in [0.15, 0.2) is 11.7 Å². The van der Waals surface area contributed by atoms with Gasteiger partial charge in [-0.15, -0.1) is 0 Å². The summed E-state index contributed by atoms with van der Waals surface area (Å²) in [7, 11) is 0. The SMILES string of the molecule is CCOc1ccc2nc(NC(=O)COC(=O)c3ccccc3O)sc2c1. The van der Waals surface area contributed by atoms with Crippen LogP contribution in [0.1, 0.15) is 17.3 Å². The Morgan fingerprint density at radius 1 is 1.23 bits per heavy atom. The molecule has 26 heavy (non-hydrogen) atoms. The fourth-order valence-electron chi connectivity index (χ4n) is 2.23. The van der Waals surface area contributed by atoms with Crippen LogP contribution < -0.4 is 10.1 Å². The van der Waals surface area contributed by atoms with Gasteiger partial charge >= 0.3 is 5.97 Å². The van der Waals surface area contributed by atoms with Crippen molar-refractivity contribution in [3.8, 4) is 11.5 Å². The zero-order valence-electron chi connectivity index (χ0n) is 13.9. The lowest BCUT2D eigenvalue weighted by molar-refractivity contribution is -0.119. The van der Waals surface area contributed by atoms with Crippen molar-refractivity contribution in [2.45, 2.75) is 6.92 Å². The number of ether oxygens (including phenoxy) is 2. The minimum absolute atomic E-state index is 0.00346. The highest BCUT2D eigenvalue weighted by molar-refractivity contribution is 7.22. The van der Waals surface area contributed by atoms with E-state index in [1.807, 2.05) is 25.1 Å². The van der Waals surface area contributed by atoms with Crippen LogP contribution in [-0.4, -0.2) is 35.2 Å². The number of para-hydroxylation sites is 1. The van der Waals surface area contributed by atoms with E-state index in [0.717, 1.165) is 16.0 Å². The van der Waals surface area contributed by atoms with Crippen molar-refractivity contribution in [2.24, 2.45) is 0 Å². The highest BCUT2D eigenvalue weighted by atomic mass is 32.1. The molecule has 7 nitrogen and oxygen atoms in total. The summed E-state index contributed by atoms with van der Waals surface area (Å²) in [4.78, 5) is 28.1. The number of carbonyl (C=O) groups is 2. The van der Waals surface area contributed by atoms with Crippen molar-refractivity contribution in [3.63, 3.8) is 0 Å². The van der Waals surface area contributed by atoms with E-state index in [0.29, 0.717) is 11.7 Å². The van der Waals surface area contributed by atoms with Crippen LogP contribution in [0, 0.1) is 0 Å². The number of hydrogen-bond donors (Lipinski definition) is 2. The van der Waals surface area contributed by atoms with E-state index in [9.17, 15) is 14.7 Å². The van der Waals surface area contributed by atoms with Crippen LogP contribution in [-0.2, 0) is 9.53 Å². The van der Waals surface area contributed by atoms with E-state index in [1.165, 1.54) is 23.5 Å². The van der Waals surface area contributed by atoms with Gasteiger partial charge in [-0.3, -0.25) is 10.1 Å². The molecule has 2 N–H and O–H groups in total. The number of fused-ring (bicyclic) bond motifs is 1. The average Bonchev–Trinajstić information content (AvgIpc) is 3.02. The molecule has 0 bridgehead atoms. The predicted octanol–water partition coefficient (Wildman–Crippen LogP) is 3.20. The zero-order chi connectivity index (χ0) is 18.5. The molecular formula is C18H16N2O5S. The van der Waals surface area contributed by atoms with Crippen molar-refractivity contribution in [1.29, 1.82) is 0 Å². The Labute approximate surface area is 153 Å². The van der Waals surface area contributed by atoms with E-state index < -0.39 is 18.5 Å². The molecule has 3 aromatic rings. The summed E-state index contributed by atoms with van der Waals surface area (Å²) in [5.41, 5.74) is 0.740. The number of rotatable bonds is 6. The Bertz CT molecular complexity index is 954. The molecule has 2 aromatic carbocycles. The quantitative estimate of drug-likeness (QED) is 0.645. The minimum Gasteiger partial charge on any atom is -0.507 e. The smallest absolute Gasteiger partial charge is 0.342 e. The average molecular weight is 372 g/mol. The molecule has 8 heteroatoms. The fraction of sp³-hybridized carbons (Fsp3) is 0.167. The minimum atomic E-state index is -0.774. The largest absolute Gasteiger partial charge is 0.507 e. The van der Waals surface area contributed by atoms with Gasteiger partial charge in [-0.25, -0.2) is 9.78 Å². The summed E-state index contributed by atoms with van der Waals surface area (Å²) >= 11 is 1.30. The van der Waals surface area contributed by atoms with Crippen LogP contribution in [0.15, 0.2) is 42.5 Å². The molecule has 3 rings (SSSR count). The van der Waals surface area contributed by atoms with Crippen LogP contribution in [0.4, 0.5) is 5.13 Å². The maximum atomic E-state index is 12.0. The number of benzene rings is 2. The molecule has 0 aliphatic carbocycles. The summed E-state index contributed by atoms with van der Waals surface area (Å²) in [5, 5.41) is 12.6. The number of hydrogen-bond acceptors (Lipinski definition) is 7. The van der Waals surface area contributed by atoms with Crippen LogP contribution in [0.5, 0.6) is 11.5 Å². The first-order valence-electron chi connectivity index (χ1n) is 7.85. The first-order chi connectivity index (χ1) is 12.6. The molecule has 0 aliphatic rings. The van der Waals surface area contributed by atoms with Crippen molar-refractivity contribution < 1.29 is 24.2 Å². The number of carbonyl (C=O) groups excluding carboxylic acids is 2. The van der Waals surface area contributed by atoms with Crippen molar-refractivity contribution in [1.82, 2.24) is 4.98 Å². The number of amides is 1. The third-order valence-electron chi connectivity index (χ3n) is 3.38. The molecule has 0 aliphatic heterocycles. The molecule has 0 spiro atoms. The molecule has 1 aromatic heterocycles. The van der Waals surface area contributed by atoms with Gasteiger partial charge < -0.3 is 14.6 Å². The Hall–Kier alpha value is -3.13. The number of anilines is 1. The Kier molecular flexibility index (Phi) is 5.33. The highest BCUT2D eigenvalue weighted by Gasteiger charge is 2.15. The second-order valence-corrected chi connectivity index (χ2v) is 6.25. The third-order valence-corrected chi connectivity index (χ3v) is 4.31. The van der Waals surface area contributed by atoms with Crippen LogP contribution >= 0.6 is 11.3 Å². The maximum Gasteiger partial charge on any atom is 0.342 e. The van der Waals surface area contributed by atoms with E-state index >= 15 is 0 Å². The normalized spacial score (nSPS) is 10.5. The van der Waals surface area contributed by atoms with Crippen molar-refractivity contribution >= 4 is 38.6 Å². The van der Waals surface area contributed by atoms with Gasteiger partial charge in [0, 0.05) is 0 Å². The van der Waals surface area contributed by atoms with Gasteiger partial charge in [0.05, 0.1) is 16.8 Å². The summed E-state index contributed by atoms with van der Waals surface area (Å²) in [6.45, 7) is 1.99. The second kappa shape index (κ2) is 7.83. The molecule has 0 atom stereocenters. The lowest BCUT2D eigenvalue weighted by Gasteiger charge is -2.05. The Morgan fingerprint density at radius 3 is 2.81 bits per heavy atom. The van der Waals surface area contributed by atoms with Gasteiger partial charge in [-0.1, -0.05) is 23.5 Å². The lowest BCUT2D eigenvalue weighted by atomic mass is 10.2. The molecule has 0 unspecified atom stereocenters. The molecule has 0 saturated carbocycles. The number of thiazole rings is 1. The standard InChI is InChI=1S/C18H16N2O5S/c1-2-24-11-7-8-13-15(9-11)26-18(19-13)20-16(22)10-25-17(23)12-5-3-4-6-14(12)21/h3-9,21H,2,10H2,1H3,(H,19,20,22). The molecule has 1 heterocycles. The number of nitrogens with zero attached hydrogens (tertiary/aromatic N) is 1. The van der Waals surface area contributed by atoms with Gasteiger partial charge in [-0.2, -0.15) is 0 Å². The molecular weight excluding hydrogens is 356 g/mol. The van der Waals surface area contributed by atoms with Gasteiger partial charge in [0.2, 0.25) is 0 Å². The number of phenolic OH excluding ortho intramolecular Hbond substituents is 1. The number of esters is 1. The first-order valence-corrected chi connectivity index (χ1v) is 8.67. The number of aromatic nitrogens is 1. The predicted molar refractivity (Wildman–Crippen MR) is 97.8 cm³/mol. The molecule has 0 fully saturated rings. The summed E-state index contributed by atoms with van der Waals surface area (Å²) in [5.74, 6) is -0.755. The highest BCUT2D eigenvalue weighted by Crippen LogP contribution is 2.29. The maximum absolute atomic E-state index is 12.0. The van der Waals surface area contributed by atoms with Crippen LogP contribution in [0.25, 0.3) is 10.2 Å². The number of phenols is 1. The fourth-order valence-corrected chi connectivity index (χ4v) is 3.14. The monoisotopic (exact) mass is 372 g/mol. The van der Waals surface area contributed by atoms with E-state index in [2.05, 4.69) is 10.3 Å². The van der Waals surface area contributed by atoms with Crippen molar-refractivity contribution in [3.05, 3.63) is 48.0 Å². The molecule has 134 valence electrons. The Morgan fingerprint density at radius 2 is 2.04 bits per heavy atom. The summed E-state index contributed by atoms with van der Waals surface area (Å²) in [6.07, 6.45) is 0. The van der Waals surface area contributed by atoms with Crippen LogP contribution in [0.2, 0.25) is 0 Å². The van der Waals surface area contributed by atoms with Crippen molar-refractivity contribution in [2.75, 3.05) is 18.5 Å². The van der Waals surface area contributed by atoms with Gasteiger partial charge in [0.1, 0.15) is 17.1 Å². The van der Waals surface area contributed by atoms with Crippen LogP contribution in [0.3, 0.4) is 0 Å². The van der Waals surface area contributed by atoms with E-state index in [1.54, 1.807) is 12.1 Å². The van der Waals surface area contributed by atoms with Gasteiger partial charge in [-0.05, 0) is 37.3 Å². The topological polar surface area (TPSA) is 97.8 Å². The molecule has 0 saturated heterocycles. The third kappa shape index (κ3) is 4.09. The number of nitrogens with one attached hydrogen (secondary N) is 1. The zero-order valence-corrected chi connectivity index (χ0v) is 14.7. The summed E-state index contributed by atoms with van der Waals surface area (Å²) in [6, 6.07) is 11.4. The van der Waals surface area contributed by atoms with E-state index in [4.69, 9.17) is 9.47 Å².